The van der Waals surface area contributed by atoms with Crippen LogP contribution in [0.25, 0.3) is 0 Å². The molecule has 2 atom stereocenters. The van der Waals surface area contributed by atoms with Crippen LogP contribution in [0, 0.1) is 5.82 Å². The topological polar surface area (TPSA) is 57.5 Å². The van der Waals surface area contributed by atoms with E-state index in [0.29, 0.717) is 29.5 Å². The molecule has 2 rings (SSSR count). The summed E-state index contributed by atoms with van der Waals surface area (Å²) in [6.45, 7) is 0. The van der Waals surface area contributed by atoms with E-state index in [4.69, 9.17) is 4.55 Å². The Bertz CT molecular complexity index is 419. The lowest BCUT2D eigenvalue weighted by molar-refractivity contribution is 0.179. The number of aliphatic hydroxyl groups excluding tert-OH is 1. The predicted octanol–water partition coefficient (Wildman–Crippen LogP) is 1.53. The first-order valence-corrected chi connectivity index (χ1v) is 5.93. The van der Waals surface area contributed by atoms with Crippen LogP contribution in [0.1, 0.15) is 29.2 Å². The molecule has 0 bridgehead atoms. The highest BCUT2D eigenvalue weighted by Gasteiger charge is 2.26. The Hall–Kier alpha value is -0.780. The van der Waals surface area contributed by atoms with E-state index >= 15 is 0 Å². The minimum atomic E-state index is -1.96. The number of aliphatic hydroxyl groups is 1. The Morgan fingerprint density at radius 3 is 2.93 bits per heavy atom. The molecule has 3 nitrogen and oxygen atoms in total. The van der Waals surface area contributed by atoms with Gasteiger partial charge in [-0.3, -0.25) is 0 Å². The van der Waals surface area contributed by atoms with Gasteiger partial charge in [0, 0.05) is 0 Å². The van der Waals surface area contributed by atoms with Gasteiger partial charge in [-0.25, -0.2) is 8.60 Å². The molecule has 1 aromatic rings. The molecular formula is C10H11FO3S. The van der Waals surface area contributed by atoms with E-state index in [0.717, 1.165) is 0 Å². The molecule has 2 N–H and O–H groups in total. The van der Waals surface area contributed by atoms with E-state index in [2.05, 4.69) is 0 Å². The molecule has 82 valence electrons. The van der Waals surface area contributed by atoms with Crippen molar-refractivity contribution in [3.05, 3.63) is 34.6 Å². The lowest BCUT2D eigenvalue weighted by Gasteiger charge is -2.10. The van der Waals surface area contributed by atoms with Crippen LogP contribution >= 0.6 is 0 Å². The summed E-state index contributed by atoms with van der Waals surface area (Å²) in [7, 11) is 0. The molecule has 1 aliphatic rings. The lowest BCUT2D eigenvalue weighted by atomic mass is 10.0. The van der Waals surface area contributed by atoms with Crippen molar-refractivity contribution in [3.8, 4) is 0 Å². The fourth-order valence-corrected chi connectivity index (χ4v) is 2.56. The fourth-order valence-electron chi connectivity index (χ4n) is 2.04. The number of hydrogen-bond donors (Lipinski definition) is 2. The van der Waals surface area contributed by atoms with Gasteiger partial charge in [-0.05, 0) is 35.6 Å². The first-order chi connectivity index (χ1) is 7.09. The summed E-state index contributed by atoms with van der Waals surface area (Å²) in [4.78, 5) is 0. The summed E-state index contributed by atoms with van der Waals surface area (Å²) in [6, 6.07) is 2.76. The van der Waals surface area contributed by atoms with Gasteiger partial charge < -0.3 is 9.66 Å². The van der Waals surface area contributed by atoms with Crippen molar-refractivity contribution in [1.29, 1.82) is 0 Å². The molecule has 0 saturated carbocycles. The van der Waals surface area contributed by atoms with Crippen LogP contribution in [-0.4, -0.2) is 13.9 Å². The molecule has 15 heavy (non-hydrogen) atoms. The Kier molecular flexibility index (Phi) is 2.86. The van der Waals surface area contributed by atoms with Gasteiger partial charge in [-0.15, -0.1) is 0 Å². The maximum absolute atomic E-state index is 13.3. The second-order valence-corrected chi connectivity index (χ2v) is 4.55. The van der Waals surface area contributed by atoms with E-state index < -0.39 is 17.2 Å². The Balaban J connectivity index is 2.49. The van der Waals surface area contributed by atoms with Crippen molar-refractivity contribution < 1.29 is 18.3 Å². The maximum Gasteiger partial charge on any atom is 0.157 e. The van der Waals surface area contributed by atoms with Gasteiger partial charge in [0.1, 0.15) is 5.82 Å². The third kappa shape index (κ3) is 1.95. The van der Waals surface area contributed by atoms with Crippen LogP contribution < -0.4 is 0 Å². The number of rotatable bonds is 2. The average molecular weight is 230 g/mol. The van der Waals surface area contributed by atoms with Gasteiger partial charge in [0.05, 0.1) is 11.9 Å². The van der Waals surface area contributed by atoms with Gasteiger partial charge in [0.25, 0.3) is 0 Å². The summed E-state index contributed by atoms with van der Waals surface area (Å²) in [5, 5.41) is 9.65. The monoisotopic (exact) mass is 230 g/mol. The predicted molar refractivity (Wildman–Crippen MR) is 54.2 cm³/mol. The standard InChI is InChI=1S/C10H11FO3S/c11-8-3-1-6(5-15(13)14)10-7(8)2-4-9(10)12/h1,3,9,12H,2,4-5H2,(H,13,14). The zero-order valence-corrected chi connectivity index (χ0v) is 8.76. The number of halogens is 1. The number of fused-ring (bicyclic) bond motifs is 1. The molecule has 0 radical (unpaired) electrons. The van der Waals surface area contributed by atoms with Crippen LogP contribution in [0.2, 0.25) is 0 Å². The van der Waals surface area contributed by atoms with Gasteiger partial charge >= 0.3 is 0 Å². The molecule has 0 aromatic heterocycles. The molecule has 5 heteroatoms. The second-order valence-electron chi connectivity index (χ2n) is 3.62. The smallest absolute Gasteiger partial charge is 0.157 e. The summed E-state index contributed by atoms with van der Waals surface area (Å²) < 4.78 is 32.8. The molecule has 1 aromatic carbocycles. The third-order valence-corrected chi connectivity index (χ3v) is 3.23. The highest BCUT2D eigenvalue weighted by atomic mass is 32.2. The van der Waals surface area contributed by atoms with Gasteiger partial charge in [-0.1, -0.05) is 6.07 Å². The van der Waals surface area contributed by atoms with Crippen molar-refractivity contribution in [2.24, 2.45) is 0 Å². The third-order valence-electron chi connectivity index (χ3n) is 2.67. The van der Waals surface area contributed by atoms with Crippen molar-refractivity contribution in [2.45, 2.75) is 24.7 Å². The SMILES string of the molecule is O=S(O)Cc1ccc(F)c2c1C(O)CC2. The van der Waals surface area contributed by atoms with E-state index in [1.54, 1.807) is 0 Å². The molecule has 0 heterocycles. The molecular weight excluding hydrogens is 219 g/mol. The summed E-state index contributed by atoms with van der Waals surface area (Å²) >= 11 is -1.96. The average Bonchev–Trinajstić information content (AvgIpc) is 2.54. The minimum Gasteiger partial charge on any atom is -0.388 e. The van der Waals surface area contributed by atoms with Crippen LogP contribution in [0.4, 0.5) is 4.39 Å². The van der Waals surface area contributed by atoms with Gasteiger partial charge in [0.2, 0.25) is 0 Å². The highest BCUT2D eigenvalue weighted by Crippen LogP contribution is 2.35. The van der Waals surface area contributed by atoms with Gasteiger partial charge in [0.15, 0.2) is 11.1 Å². The van der Waals surface area contributed by atoms with E-state index in [9.17, 15) is 13.7 Å². The summed E-state index contributed by atoms with van der Waals surface area (Å²) in [5.74, 6) is -0.395. The van der Waals surface area contributed by atoms with Crippen LogP contribution in [0.5, 0.6) is 0 Å². The van der Waals surface area contributed by atoms with Crippen molar-refractivity contribution in [1.82, 2.24) is 0 Å². The lowest BCUT2D eigenvalue weighted by Crippen LogP contribution is -2.03. The molecule has 0 spiro atoms. The van der Waals surface area contributed by atoms with E-state index in [1.165, 1.54) is 12.1 Å². The maximum atomic E-state index is 13.3. The quantitative estimate of drug-likeness (QED) is 0.757. The van der Waals surface area contributed by atoms with E-state index in [-0.39, 0.29) is 11.6 Å². The van der Waals surface area contributed by atoms with Crippen molar-refractivity contribution >= 4 is 11.1 Å². The Morgan fingerprint density at radius 1 is 1.53 bits per heavy atom. The number of benzene rings is 1. The summed E-state index contributed by atoms with van der Waals surface area (Å²) in [6.07, 6.45) is 0.282. The van der Waals surface area contributed by atoms with E-state index in [1.807, 2.05) is 0 Å². The molecule has 2 unspecified atom stereocenters. The molecule has 0 saturated heterocycles. The van der Waals surface area contributed by atoms with Crippen LogP contribution in [-0.2, 0) is 23.3 Å². The normalized spacial score (nSPS) is 21.4. The second kappa shape index (κ2) is 4.00. The summed E-state index contributed by atoms with van der Waals surface area (Å²) in [5.41, 5.74) is 1.57. The largest absolute Gasteiger partial charge is 0.388 e. The molecule has 1 aliphatic carbocycles. The van der Waals surface area contributed by atoms with Gasteiger partial charge in [-0.2, -0.15) is 0 Å². The van der Waals surface area contributed by atoms with Crippen LogP contribution in [0.3, 0.4) is 0 Å². The Labute approximate surface area is 89.2 Å². The number of hydrogen-bond acceptors (Lipinski definition) is 2. The first-order valence-electron chi connectivity index (χ1n) is 4.65. The minimum absolute atomic E-state index is 0.0559. The Morgan fingerprint density at radius 2 is 2.27 bits per heavy atom. The first kappa shape index (κ1) is 10.7. The zero-order valence-electron chi connectivity index (χ0n) is 7.94. The zero-order chi connectivity index (χ0) is 11.0. The molecule has 0 fully saturated rings. The highest BCUT2D eigenvalue weighted by molar-refractivity contribution is 7.78. The van der Waals surface area contributed by atoms with Crippen molar-refractivity contribution in [2.75, 3.05) is 0 Å². The fraction of sp³-hybridized carbons (Fsp3) is 0.400. The molecule has 0 amide bonds. The molecule has 0 aliphatic heterocycles. The van der Waals surface area contributed by atoms with Crippen molar-refractivity contribution in [3.63, 3.8) is 0 Å². The van der Waals surface area contributed by atoms with Crippen LogP contribution in [0.15, 0.2) is 12.1 Å².